The van der Waals surface area contributed by atoms with E-state index >= 15 is 0 Å². The molecule has 0 aromatic heterocycles. The third-order valence-corrected chi connectivity index (χ3v) is 8.81. The van der Waals surface area contributed by atoms with Crippen LogP contribution in [0.4, 0.5) is 23.7 Å². The first kappa shape index (κ1) is 25.9. The van der Waals surface area contributed by atoms with E-state index in [1.807, 2.05) is 0 Å². The van der Waals surface area contributed by atoms with Crippen molar-refractivity contribution in [3.8, 4) is 0 Å². The minimum Gasteiger partial charge on any atom is -0.347 e. The van der Waals surface area contributed by atoms with Crippen LogP contribution in [0.5, 0.6) is 0 Å². The van der Waals surface area contributed by atoms with Crippen molar-refractivity contribution in [3.63, 3.8) is 0 Å². The zero-order valence-electron chi connectivity index (χ0n) is 19.6. The Hall–Kier alpha value is -2.70. The Morgan fingerprint density at radius 2 is 2.05 bits per heavy atom. The first-order valence-electron chi connectivity index (χ1n) is 11.9. The van der Waals surface area contributed by atoms with Gasteiger partial charge in [0.25, 0.3) is 5.91 Å². The van der Waals surface area contributed by atoms with E-state index in [9.17, 15) is 27.6 Å². The molecule has 0 saturated carbocycles. The number of anilines is 1. The molecule has 4 aliphatic rings. The van der Waals surface area contributed by atoms with Crippen LogP contribution in [0.3, 0.4) is 0 Å². The predicted octanol–water partition coefficient (Wildman–Crippen LogP) is 3.44. The number of nitrogens with zero attached hydrogens (tertiary/aromatic N) is 2. The Morgan fingerprint density at radius 1 is 1.27 bits per heavy atom. The molecule has 13 heteroatoms. The monoisotopic (exact) mass is 555 g/mol. The van der Waals surface area contributed by atoms with Gasteiger partial charge in [-0.3, -0.25) is 14.5 Å². The van der Waals surface area contributed by atoms with Crippen LogP contribution in [0.2, 0.25) is 5.02 Å². The number of likely N-dealkylation sites (tertiary alicyclic amines) is 1. The lowest BCUT2D eigenvalue weighted by atomic mass is 9.86. The zero-order chi connectivity index (χ0) is 26.5. The number of hydrogen-bond donors (Lipinski definition) is 3. The summed E-state index contributed by atoms with van der Waals surface area (Å²) in [6.45, 7) is 5.02. The number of rotatable bonds is 4. The predicted molar refractivity (Wildman–Crippen MR) is 134 cm³/mol. The number of benzene rings is 1. The molecule has 0 radical (unpaired) electrons. The van der Waals surface area contributed by atoms with E-state index in [1.54, 1.807) is 4.90 Å². The van der Waals surface area contributed by atoms with Gasteiger partial charge in [-0.1, -0.05) is 29.9 Å². The fraction of sp³-hybridized carbons (Fsp3) is 0.458. The average molecular weight is 556 g/mol. The first-order valence-corrected chi connectivity index (χ1v) is 13.2. The highest BCUT2D eigenvalue weighted by Crippen LogP contribution is 2.48. The SMILES string of the molecule is C=CC(=O)N1CCC[C@@H](NC(=O)C2=C3NC(=O)N(c4ccc(Cl)c(C(F)(F)F)c4)C4CCNC(S2)C34)C1. The second kappa shape index (κ2) is 9.88. The lowest BCUT2D eigenvalue weighted by Gasteiger charge is -2.46. The van der Waals surface area contributed by atoms with Crippen LogP contribution in [0.25, 0.3) is 0 Å². The van der Waals surface area contributed by atoms with E-state index in [2.05, 4.69) is 22.5 Å². The summed E-state index contributed by atoms with van der Waals surface area (Å²) in [6, 6.07) is 2.16. The highest BCUT2D eigenvalue weighted by molar-refractivity contribution is 8.04. The van der Waals surface area contributed by atoms with Crippen molar-refractivity contribution < 1.29 is 27.6 Å². The molecule has 3 fully saturated rings. The van der Waals surface area contributed by atoms with E-state index in [-0.39, 0.29) is 34.8 Å². The molecule has 3 saturated heterocycles. The first-order chi connectivity index (χ1) is 17.6. The van der Waals surface area contributed by atoms with Crippen LogP contribution < -0.4 is 20.9 Å². The fourth-order valence-electron chi connectivity index (χ4n) is 5.48. The third-order valence-electron chi connectivity index (χ3n) is 7.12. The molecule has 4 aliphatic heterocycles. The summed E-state index contributed by atoms with van der Waals surface area (Å²) in [5.74, 6) is -0.843. The molecule has 8 nitrogen and oxygen atoms in total. The lowest BCUT2D eigenvalue weighted by Crippen LogP contribution is -2.62. The summed E-state index contributed by atoms with van der Waals surface area (Å²) in [4.78, 5) is 41.9. The number of carbonyl (C=O) groups excluding carboxylic acids is 3. The van der Waals surface area contributed by atoms with Crippen LogP contribution >= 0.6 is 23.4 Å². The van der Waals surface area contributed by atoms with Gasteiger partial charge in [0.05, 0.1) is 26.9 Å². The molecule has 0 aliphatic carbocycles. The van der Waals surface area contributed by atoms with E-state index in [0.29, 0.717) is 43.1 Å². The van der Waals surface area contributed by atoms with Crippen molar-refractivity contribution in [2.75, 3.05) is 24.5 Å². The molecular formula is C24H25ClF3N5O3S. The Morgan fingerprint density at radius 3 is 2.78 bits per heavy atom. The molecule has 37 heavy (non-hydrogen) atoms. The molecule has 3 unspecified atom stereocenters. The molecule has 1 aromatic rings. The van der Waals surface area contributed by atoms with Gasteiger partial charge in [-0.05, 0) is 50.1 Å². The third kappa shape index (κ3) is 4.82. The fourth-order valence-corrected chi connectivity index (χ4v) is 7.10. The van der Waals surface area contributed by atoms with E-state index in [4.69, 9.17) is 11.6 Å². The number of halogens is 4. The molecule has 198 valence electrons. The number of urea groups is 1. The van der Waals surface area contributed by atoms with Crippen molar-refractivity contribution in [2.45, 2.75) is 42.9 Å². The summed E-state index contributed by atoms with van der Waals surface area (Å²) in [6.07, 6.45) is -1.46. The second-order valence-corrected chi connectivity index (χ2v) is 10.9. The van der Waals surface area contributed by atoms with Gasteiger partial charge in [0.2, 0.25) is 5.91 Å². The van der Waals surface area contributed by atoms with Gasteiger partial charge in [-0.25, -0.2) is 4.79 Å². The van der Waals surface area contributed by atoms with Gasteiger partial charge in [-0.15, -0.1) is 0 Å². The molecule has 5 rings (SSSR count). The zero-order valence-corrected chi connectivity index (χ0v) is 21.2. The van der Waals surface area contributed by atoms with E-state index < -0.39 is 28.8 Å². The van der Waals surface area contributed by atoms with Crippen LogP contribution in [0, 0.1) is 5.92 Å². The summed E-state index contributed by atoms with van der Waals surface area (Å²) >= 11 is 7.09. The quantitative estimate of drug-likeness (QED) is 0.495. The largest absolute Gasteiger partial charge is 0.417 e. The molecule has 3 N–H and O–H groups in total. The molecule has 4 heterocycles. The summed E-state index contributed by atoms with van der Waals surface area (Å²) in [5, 5.41) is 8.47. The second-order valence-electron chi connectivity index (χ2n) is 9.38. The molecule has 0 bridgehead atoms. The van der Waals surface area contributed by atoms with Gasteiger partial charge in [0.15, 0.2) is 0 Å². The average Bonchev–Trinajstić information content (AvgIpc) is 3.23. The highest BCUT2D eigenvalue weighted by atomic mass is 35.5. The number of hydrogen-bond acceptors (Lipinski definition) is 5. The number of amides is 4. The summed E-state index contributed by atoms with van der Waals surface area (Å²) in [7, 11) is 0. The summed E-state index contributed by atoms with van der Waals surface area (Å²) < 4.78 is 40.5. The van der Waals surface area contributed by atoms with Gasteiger partial charge < -0.3 is 20.9 Å². The Labute approximate surface area is 220 Å². The van der Waals surface area contributed by atoms with Crippen LogP contribution in [-0.4, -0.2) is 59.8 Å². The number of piperidine rings is 2. The Balaban J connectivity index is 1.40. The Kier molecular flexibility index (Phi) is 6.92. The number of thioether (sulfide) groups is 1. The van der Waals surface area contributed by atoms with E-state index in [1.165, 1.54) is 28.8 Å². The minimum atomic E-state index is -4.67. The van der Waals surface area contributed by atoms with E-state index in [0.717, 1.165) is 18.6 Å². The minimum absolute atomic E-state index is 0.0935. The van der Waals surface area contributed by atoms with Gasteiger partial charge >= 0.3 is 12.2 Å². The maximum atomic E-state index is 13.5. The number of nitrogens with one attached hydrogen (secondary N) is 3. The van der Waals surface area contributed by atoms with Crippen molar-refractivity contribution in [3.05, 3.63) is 52.0 Å². The van der Waals surface area contributed by atoms with Crippen molar-refractivity contribution in [1.29, 1.82) is 0 Å². The van der Waals surface area contributed by atoms with Crippen LogP contribution in [0.1, 0.15) is 24.8 Å². The maximum Gasteiger partial charge on any atom is 0.417 e. The molecule has 4 atom stereocenters. The number of alkyl halides is 3. The Bertz CT molecular complexity index is 1190. The van der Waals surface area contributed by atoms with Gasteiger partial charge in [-0.2, -0.15) is 13.2 Å². The number of carbonyl (C=O) groups is 3. The van der Waals surface area contributed by atoms with Crippen LogP contribution in [0.15, 0.2) is 41.5 Å². The topological polar surface area (TPSA) is 93.8 Å². The summed E-state index contributed by atoms with van der Waals surface area (Å²) in [5.41, 5.74) is -0.439. The lowest BCUT2D eigenvalue weighted by molar-refractivity contribution is -0.137. The molecular weight excluding hydrogens is 531 g/mol. The van der Waals surface area contributed by atoms with Gasteiger partial charge in [0, 0.05) is 36.4 Å². The van der Waals surface area contributed by atoms with Crippen molar-refractivity contribution in [2.24, 2.45) is 5.92 Å². The maximum absolute atomic E-state index is 13.5. The molecule has 0 spiro atoms. The molecule has 4 amide bonds. The normalized spacial score (nSPS) is 27.5. The van der Waals surface area contributed by atoms with Crippen molar-refractivity contribution in [1.82, 2.24) is 20.9 Å². The van der Waals surface area contributed by atoms with Crippen LogP contribution in [-0.2, 0) is 15.8 Å². The van der Waals surface area contributed by atoms with Crippen molar-refractivity contribution >= 4 is 46.9 Å². The highest BCUT2D eigenvalue weighted by Gasteiger charge is 2.52. The standard InChI is InChI=1S/C24H25ClF3N5O3S/c1-2-17(34)32-9-3-4-12(11-32)30-21(35)20-19-18-16(7-8-29-22(18)37-20)33(23(36)31-19)13-5-6-15(25)14(10-13)24(26,27)28/h2,5-6,10,12,16,18,22,29H,1,3-4,7-9,11H2,(H,30,35)(H,31,36)/t12-,16?,18?,22?/m1/s1. The molecule has 1 aromatic carbocycles. The van der Waals surface area contributed by atoms with Gasteiger partial charge in [0.1, 0.15) is 0 Å². The smallest absolute Gasteiger partial charge is 0.347 e.